The van der Waals surface area contributed by atoms with Crippen LogP contribution in [0.25, 0.3) is 10.8 Å². The maximum atomic E-state index is 4.56. The molecule has 18 heavy (non-hydrogen) atoms. The van der Waals surface area contributed by atoms with Gasteiger partial charge in [-0.2, -0.15) is 0 Å². The number of nitrogens with zero attached hydrogens (tertiary/aromatic N) is 3. The van der Waals surface area contributed by atoms with E-state index >= 15 is 0 Å². The molecule has 0 aliphatic heterocycles. The van der Waals surface area contributed by atoms with Crippen molar-refractivity contribution < 1.29 is 0 Å². The summed E-state index contributed by atoms with van der Waals surface area (Å²) in [6.07, 6.45) is 4.63. The van der Waals surface area contributed by atoms with Gasteiger partial charge in [-0.1, -0.05) is 6.92 Å². The smallest absolute Gasteiger partial charge is 0.188 e. The quantitative estimate of drug-likeness (QED) is 0.900. The second kappa shape index (κ2) is 6.02. The fraction of sp³-hybridized carbons (Fsp3) is 0.462. The van der Waals surface area contributed by atoms with E-state index in [0.29, 0.717) is 11.9 Å². The van der Waals surface area contributed by atoms with Crippen LogP contribution in [0.5, 0.6) is 0 Å². The van der Waals surface area contributed by atoms with Crippen molar-refractivity contribution in [1.82, 2.24) is 20.3 Å². The molecule has 0 aliphatic carbocycles. The molecule has 96 valence electrons. The van der Waals surface area contributed by atoms with E-state index in [-0.39, 0.29) is 0 Å². The summed E-state index contributed by atoms with van der Waals surface area (Å²) in [6, 6.07) is 2.15. The van der Waals surface area contributed by atoms with E-state index in [9.17, 15) is 0 Å². The van der Waals surface area contributed by atoms with Gasteiger partial charge >= 0.3 is 0 Å². The topological polar surface area (TPSA) is 50.7 Å². The summed E-state index contributed by atoms with van der Waals surface area (Å²) in [6.45, 7) is 7.41. The van der Waals surface area contributed by atoms with Gasteiger partial charge in [0.05, 0.1) is 5.69 Å². The third kappa shape index (κ3) is 2.91. The Morgan fingerprint density at radius 2 is 2.06 bits per heavy atom. The van der Waals surface area contributed by atoms with Crippen LogP contribution in [-0.4, -0.2) is 21.5 Å². The standard InChI is InChI=1S/C13H18N4S/c1-4-6-14-9(2)11-10(3)17-13(18-11)12-15-7-5-8-16-12/h5,7-9,14H,4,6H2,1-3H3. The van der Waals surface area contributed by atoms with E-state index in [1.807, 2.05) is 13.0 Å². The van der Waals surface area contributed by atoms with Crippen LogP contribution in [0, 0.1) is 6.92 Å². The van der Waals surface area contributed by atoms with Crippen molar-refractivity contribution in [3.63, 3.8) is 0 Å². The van der Waals surface area contributed by atoms with Gasteiger partial charge in [-0.3, -0.25) is 0 Å². The number of aryl methyl sites for hydroxylation is 1. The molecule has 0 amide bonds. The highest BCUT2D eigenvalue weighted by Gasteiger charge is 2.15. The van der Waals surface area contributed by atoms with Gasteiger partial charge in [0.25, 0.3) is 0 Å². The summed E-state index contributed by atoms with van der Waals surface area (Å²) in [5.41, 5.74) is 1.07. The van der Waals surface area contributed by atoms with Crippen molar-refractivity contribution in [3.8, 4) is 10.8 Å². The molecule has 0 fully saturated rings. The molecule has 4 nitrogen and oxygen atoms in total. The second-order valence-electron chi connectivity index (χ2n) is 4.22. The van der Waals surface area contributed by atoms with E-state index < -0.39 is 0 Å². The van der Waals surface area contributed by atoms with Gasteiger partial charge < -0.3 is 5.32 Å². The van der Waals surface area contributed by atoms with Gasteiger partial charge in [0.1, 0.15) is 0 Å². The molecule has 0 aromatic carbocycles. The molecule has 0 saturated carbocycles. The van der Waals surface area contributed by atoms with E-state index in [2.05, 4.69) is 34.1 Å². The van der Waals surface area contributed by atoms with Crippen LogP contribution in [0.4, 0.5) is 0 Å². The van der Waals surface area contributed by atoms with Crippen molar-refractivity contribution >= 4 is 11.3 Å². The zero-order valence-electron chi connectivity index (χ0n) is 11.0. The van der Waals surface area contributed by atoms with Crippen LogP contribution in [-0.2, 0) is 0 Å². The van der Waals surface area contributed by atoms with Crippen LogP contribution >= 0.6 is 11.3 Å². The molecule has 0 aliphatic rings. The number of aromatic nitrogens is 3. The molecule has 0 bridgehead atoms. The first-order valence-corrected chi connectivity index (χ1v) is 7.02. The summed E-state index contributed by atoms with van der Waals surface area (Å²) < 4.78 is 0. The van der Waals surface area contributed by atoms with Crippen molar-refractivity contribution in [2.24, 2.45) is 0 Å². The molecule has 0 spiro atoms. The Kier molecular flexibility index (Phi) is 4.38. The summed E-state index contributed by atoms with van der Waals surface area (Å²) in [5.74, 6) is 0.708. The fourth-order valence-electron chi connectivity index (χ4n) is 1.77. The first-order valence-electron chi connectivity index (χ1n) is 6.20. The highest BCUT2D eigenvalue weighted by atomic mass is 32.1. The molecule has 2 rings (SSSR count). The molecule has 0 saturated heterocycles. The Morgan fingerprint density at radius 3 is 2.72 bits per heavy atom. The Morgan fingerprint density at radius 1 is 1.33 bits per heavy atom. The van der Waals surface area contributed by atoms with Gasteiger partial charge in [0, 0.05) is 23.3 Å². The molecular weight excluding hydrogens is 244 g/mol. The minimum absolute atomic E-state index is 0.333. The average molecular weight is 262 g/mol. The Hall–Kier alpha value is -1.33. The monoisotopic (exact) mass is 262 g/mol. The predicted octanol–water partition coefficient (Wildman–Crippen LogP) is 2.97. The number of hydrogen-bond donors (Lipinski definition) is 1. The Bertz CT molecular complexity index is 495. The third-order valence-electron chi connectivity index (χ3n) is 2.68. The van der Waals surface area contributed by atoms with Gasteiger partial charge in [0.2, 0.25) is 0 Å². The number of rotatable bonds is 5. The Balaban J connectivity index is 2.22. The normalized spacial score (nSPS) is 12.6. The van der Waals surface area contributed by atoms with E-state index in [0.717, 1.165) is 23.7 Å². The van der Waals surface area contributed by atoms with Crippen molar-refractivity contribution in [2.45, 2.75) is 33.2 Å². The van der Waals surface area contributed by atoms with Crippen molar-refractivity contribution in [1.29, 1.82) is 0 Å². The molecule has 1 unspecified atom stereocenters. The zero-order valence-corrected chi connectivity index (χ0v) is 11.8. The molecule has 1 atom stereocenters. The van der Waals surface area contributed by atoms with Crippen LogP contribution in [0.2, 0.25) is 0 Å². The first kappa shape index (κ1) is 13.1. The minimum Gasteiger partial charge on any atom is -0.309 e. The minimum atomic E-state index is 0.333. The molecule has 0 radical (unpaired) electrons. The first-order chi connectivity index (χ1) is 8.72. The third-order valence-corrected chi connectivity index (χ3v) is 4.02. The zero-order chi connectivity index (χ0) is 13.0. The maximum Gasteiger partial charge on any atom is 0.188 e. The molecule has 2 aromatic heterocycles. The lowest BCUT2D eigenvalue weighted by atomic mass is 10.2. The van der Waals surface area contributed by atoms with Gasteiger partial charge in [-0.25, -0.2) is 15.0 Å². The summed E-state index contributed by atoms with van der Waals surface area (Å²) >= 11 is 1.67. The summed E-state index contributed by atoms with van der Waals surface area (Å²) in [7, 11) is 0. The largest absolute Gasteiger partial charge is 0.309 e. The van der Waals surface area contributed by atoms with E-state index in [1.165, 1.54) is 4.88 Å². The second-order valence-corrected chi connectivity index (χ2v) is 5.25. The lowest BCUT2D eigenvalue weighted by molar-refractivity contribution is 0.575. The number of thiazole rings is 1. The van der Waals surface area contributed by atoms with Crippen LogP contribution in [0.15, 0.2) is 18.5 Å². The van der Waals surface area contributed by atoms with E-state index in [1.54, 1.807) is 23.7 Å². The number of nitrogens with one attached hydrogen (secondary N) is 1. The lowest BCUT2D eigenvalue weighted by Gasteiger charge is -2.11. The lowest BCUT2D eigenvalue weighted by Crippen LogP contribution is -2.18. The van der Waals surface area contributed by atoms with Crippen LogP contribution in [0.3, 0.4) is 0 Å². The SMILES string of the molecule is CCCNC(C)c1sc(-c2ncccn2)nc1C. The maximum absolute atomic E-state index is 4.56. The fourth-order valence-corrected chi connectivity index (χ4v) is 2.81. The van der Waals surface area contributed by atoms with Crippen LogP contribution < -0.4 is 5.32 Å². The van der Waals surface area contributed by atoms with Crippen LogP contribution in [0.1, 0.15) is 36.9 Å². The van der Waals surface area contributed by atoms with Crippen molar-refractivity contribution in [3.05, 3.63) is 29.0 Å². The molecule has 5 heteroatoms. The summed E-state index contributed by atoms with van der Waals surface area (Å²) in [5, 5.41) is 4.38. The van der Waals surface area contributed by atoms with E-state index in [4.69, 9.17) is 0 Å². The molecule has 2 aromatic rings. The highest BCUT2D eigenvalue weighted by Crippen LogP contribution is 2.29. The van der Waals surface area contributed by atoms with Gasteiger partial charge in [0.15, 0.2) is 10.8 Å². The number of hydrogen-bond acceptors (Lipinski definition) is 5. The molecular formula is C13H18N4S. The predicted molar refractivity (Wildman–Crippen MR) is 74.6 cm³/mol. The van der Waals surface area contributed by atoms with Crippen molar-refractivity contribution in [2.75, 3.05) is 6.54 Å². The summed E-state index contributed by atoms with van der Waals surface area (Å²) in [4.78, 5) is 14.3. The molecule has 2 heterocycles. The molecule has 1 N–H and O–H groups in total. The highest BCUT2D eigenvalue weighted by molar-refractivity contribution is 7.15. The van der Waals surface area contributed by atoms with Gasteiger partial charge in [-0.05, 0) is 32.9 Å². The Labute approximate surface area is 112 Å². The average Bonchev–Trinajstić information content (AvgIpc) is 2.79. The van der Waals surface area contributed by atoms with Gasteiger partial charge in [-0.15, -0.1) is 11.3 Å².